The van der Waals surface area contributed by atoms with E-state index in [2.05, 4.69) is 36.3 Å². The van der Waals surface area contributed by atoms with Gasteiger partial charge in [-0.15, -0.1) is 0 Å². The number of hydrogen-bond donors (Lipinski definition) is 1. The van der Waals surface area contributed by atoms with Crippen molar-refractivity contribution in [2.24, 2.45) is 0 Å². The molecule has 0 amide bonds. The lowest BCUT2D eigenvalue weighted by atomic mass is 10.0. The highest BCUT2D eigenvalue weighted by atomic mass is 32.1. The summed E-state index contributed by atoms with van der Waals surface area (Å²) in [4.78, 5) is 4.39. The number of aromatic nitrogens is 1. The Kier molecular flexibility index (Phi) is 3.40. The Morgan fingerprint density at radius 1 is 1.10 bits per heavy atom. The predicted octanol–water partition coefficient (Wildman–Crippen LogP) is 5.30. The first-order valence-electron chi connectivity index (χ1n) is 6.55. The summed E-state index contributed by atoms with van der Waals surface area (Å²) in [6.07, 6.45) is 0. The van der Waals surface area contributed by atoms with Crippen LogP contribution < -0.4 is 5.32 Å². The van der Waals surface area contributed by atoms with Gasteiger partial charge in [-0.2, -0.15) is 0 Å². The van der Waals surface area contributed by atoms with E-state index < -0.39 is 0 Å². The number of anilines is 2. The molecule has 0 aliphatic heterocycles. The minimum Gasteiger partial charge on any atom is -0.332 e. The van der Waals surface area contributed by atoms with Crippen LogP contribution in [0.2, 0.25) is 0 Å². The minimum absolute atomic E-state index is 0.254. The first kappa shape index (κ1) is 13.1. The molecule has 0 atom stereocenters. The van der Waals surface area contributed by atoms with Crippen molar-refractivity contribution in [2.45, 2.75) is 19.8 Å². The zero-order valence-corrected chi connectivity index (χ0v) is 12.2. The van der Waals surface area contributed by atoms with Crippen molar-refractivity contribution in [3.63, 3.8) is 0 Å². The molecule has 3 rings (SSSR count). The summed E-state index contributed by atoms with van der Waals surface area (Å²) in [7, 11) is 0. The van der Waals surface area contributed by atoms with E-state index in [1.165, 1.54) is 29.0 Å². The molecular formula is C16H15FN2S. The monoisotopic (exact) mass is 286 g/mol. The van der Waals surface area contributed by atoms with E-state index in [1.807, 2.05) is 12.1 Å². The summed E-state index contributed by atoms with van der Waals surface area (Å²) in [5.74, 6) is 0.269. The van der Waals surface area contributed by atoms with Crippen LogP contribution in [0.4, 0.5) is 15.2 Å². The van der Waals surface area contributed by atoms with Crippen molar-refractivity contribution in [3.05, 3.63) is 53.8 Å². The van der Waals surface area contributed by atoms with Crippen molar-refractivity contribution in [1.82, 2.24) is 4.98 Å². The van der Waals surface area contributed by atoms with Crippen molar-refractivity contribution < 1.29 is 4.39 Å². The van der Waals surface area contributed by atoms with Gasteiger partial charge in [0.1, 0.15) is 5.82 Å². The van der Waals surface area contributed by atoms with Gasteiger partial charge in [-0.05, 0) is 35.7 Å². The third-order valence-corrected chi connectivity index (χ3v) is 4.13. The van der Waals surface area contributed by atoms with Gasteiger partial charge in [-0.1, -0.05) is 37.3 Å². The summed E-state index contributed by atoms with van der Waals surface area (Å²) in [6.45, 7) is 4.34. The average Bonchev–Trinajstić information content (AvgIpc) is 2.80. The summed E-state index contributed by atoms with van der Waals surface area (Å²) in [6, 6.07) is 13.0. The van der Waals surface area contributed by atoms with Gasteiger partial charge >= 0.3 is 0 Å². The second kappa shape index (κ2) is 5.21. The second-order valence-corrected chi connectivity index (χ2v) is 6.06. The van der Waals surface area contributed by atoms with Crippen LogP contribution in [-0.4, -0.2) is 4.98 Å². The van der Waals surface area contributed by atoms with Crippen LogP contribution in [0.25, 0.3) is 10.2 Å². The molecule has 0 aliphatic carbocycles. The number of nitrogens with zero attached hydrogens (tertiary/aromatic N) is 1. The molecule has 0 unspecified atom stereocenters. The summed E-state index contributed by atoms with van der Waals surface area (Å²) < 4.78 is 14.1. The Balaban J connectivity index is 1.85. The normalized spacial score (nSPS) is 11.2. The molecule has 0 fully saturated rings. The zero-order chi connectivity index (χ0) is 14.1. The van der Waals surface area contributed by atoms with Gasteiger partial charge in [0.25, 0.3) is 0 Å². The second-order valence-electron chi connectivity index (χ2n) is 5.03. The lowest BCUT2D eigenvalue weighted by Crippen LogP contribution is -1.91. The predicted molar refractivity (Wildman–Crippen MR) is 83.4 cm³/mol. The lowest BCUT2D eigenvalue weighted by molar-refractivity contribution is 0.629. The molecule has 3 aromatic rings. The van der Waals surface area contributed by atoms with Gasteiger partial charge in [0, 0.05) is 11.8 Å². The molecular weight excluding hydrogens is 271 g/mol. The molecule has 2 aromatic carbocycles. The molecule has 1 heterocycles. The van der Waals surface area contributed by atoms with Crippen molar-refractivity contribution in [2.75, 3.05) is 5.32 Å². The van der Waals surface area contributed by atoms with Crippen LogP contribution in [0.3, 0.4) is 0 Å². The lowest BCUT2D eigenvalue weighted by Gasteiger charge is -2.07. The number of hydrogen-bond acceptors (Lipinski definition) is 3. The number of benzene rings is 2. The van der Waals surface area contributed by atoms with Gasteiger partial charge in [0.05, 0.1) is 10.2 Å². The Morgan fingerprint density at radius 3 is 2.55 bits per heavy atom. The third-order valence-electron chi connectivity index (χ3n) is 3.18. The molecule has 0 aliphatic rings. The van der Waals surface area contributed by atoms with E-state index in [0.29, 0.717) is 11.4 Å². The summed E-state index contributed by atoms with van der Waals surface area (Å²) >= 11 is 1.52. The Hall–Kier alpha value is -1.94. The smallest absolute Gasteiger partial charge is 0.188 e. The summed E-state index contributed by atoms with van der Waals surface area (Å²) in [5, 5.41) is 4.04. The van der Waals surface area contributed by atoms with Crippen LogP contribution in [0, 0.1) is 5.82 Å². The van der Waals surface area contributed by atoms with E-state index >= 15 is 0 Å². The highest BCUT2D eigenvalue weighted by molar-refractivity contribution is 7.22. The van der Waals surface area contributed by atoms with Gasteiger partial charge in [0.2, 0.25) is 0 Å². The van der Waals surface area contributed by atoms with E-state index in [9.17, 15) is 4.39 Å². The maximum Gasteiger partial charge on any atom is 0.188 e. The molecule has 0 radical (unpaired) electrons. The zero-order valence-electron chi connectivity index (χ0n) is 11.4. The van der Waals surface area contributed by atoms with E-state index in [4.69, 9.17) is 0 Å². The van der Waals surface area contributed by atoms with Crippen molar-refractivity contribution in [3.8, 4) is 0 Å². The highest BCUT2D eigenvalue weighted by Gasteiger charge is 2.05. The number of nitrogens with one attached hydrogen (secondary N) is 1. The topological polar surface area (TPSA) is 24.9 Å². The largest absolute Gasteiger partial charge is 0.332 e. The Bertz CT molecular complexity index is 732. The molecule has 1 N–H and O–H groups in total. The molecule has 2 nitrogen and oxygen atoms in total. The molecule has 1 aromatic heterocycles. The maximum absolute atomic E-state index is 13.1. The fourth-order valence-corrected chi connectivity index (χ4v) is 2.90. The minimum atomic E-state index is -0.254. The van der Waals surface area contributed by atoms with E-state index in [-0.39, 0.29) is 5.82 Å². The molecule has 20 heavy (non-hydrogen) atoms. The van der Waals surface area contributed by atoms with Gasteiger partial charge in [0.15, 0.2) is 5.13 Å². The fraction of sp³-hybridized carbons (Fsp3) is 0.188. The van der Waals surface area contributed by atoms with Gasteiger partial charge in [-0.25, -0.2) is 9.37 Å². The van der Waals surface area contributed by atoms with Crippen molar-refractivity contribution in [1.29, 1.82) is 0 Å². The number of thiazole rings is 1. The number of rotatable bonds is 3. The SMILES string of the molecule is CC(C)c1ccc(Nc2nc3cc(F)ccc3s2)cc1. The van der Waals surface area contributed by atoms with Gasteiger partial charge in [-0.3, -0.25) is 0 Å². The fourth-order valence-electron chi connectivity index (χ4n) is 2.03. The average molecular weight is 286 g/mol. The number of halogens is 1. The molecule has 0 saturated heterocycles. The first-order chi connectivity index (χ1) is 9.61. The molecule has 0 spiro atoms. The molecule has 102 valence electrons. The van der Waals surface area contributed by atoms with E-state index in [1.54, 1.807) is 6.07 Å². The van der Waals surface area contributed by atoms with E-state index in [0.717, 1.165) is 15.5 Å². The van der Waals surface area contributed by atoms with Crippen LogP contribution in [0.5, 0.6) is 0 Å². The molecule has 0 bridgehead atoms. The number of fused-ring (bicyclic) bond motifs is 1. The molecule has 0 saturated carbocycles. The Labute approximate surface area is 121 Å². The highest BCUT2D eigenvalue weighted by Crippen LogP contribution is 2.29. The molecule has 4 heteroatoms. The maximum atomic E-state index is 13.1. The van der Waals surface area contributed by atoms with Crippen LogP contribution in [0.15, 0.2) is 42.5 Å². The Morgan fingerprint density at radius 2 is 1.85 bits per heavy atom. The van der Waals surface area contributed by atoms with Crippen molar-refractivity contribution >= 4 is 32.4 Å². The van der Waals surface area contributed by atoms with Crippen LogP contribution in [-0.2, 0) is 0 Å². The van der Waals surface area contributed by atoms with Gasteiger partial charge < -0.3 is 5.32 Å². The van der Waals surface area contributed by atoms with Crippen LogP contribution in [0.1, 0.15) is 25.3 Å². The summed E-state index contributed by atoms with van der Waals surface area (Å²) in [5.41, 5.74) is 2.99. The quantitative estimate of drug-likeness (QED) is 0.706. The standard InChI is InChI=1S/C16H15FN2S/c1-10(2)11-3-6-13(7-4-11)18-16-19-14-9-12(17)5-8-15(14)20-16/h3-10H,1-2H3,(H,18,19). The third kappa shape index (κ3) is 2.65. The first-order valence-corrected chi connectivity index (χ1v) is 7.36. The van der Waals surface area contributed by atoms with Crippen LogP contribution >= 0.6 is 11.3 Å².